The van der Waals surface area contributed by atoms with Crippen molar-refractivity contribution in [2.24, 2.45) is 70.0 Å². The molecule has 6 saturated carbocycles. The van der Waals surface area contributed by atoms with Gasteiger partial charge >= 0.3 is 11.9 Å². The van der Waals surface area contributed by atoms with E-state index in [-0.39, 0.29) is 55.0 Å². The van der Waals surface area contributed by atoms with Crippen LogP contribution in [0.2, 0.25) is 0 Å². The molecule has 2 heterocycles. The van der Waals surface area contributed by atoms with Crippen molar-refractivity contribution in [1.29, 1.82) is 0 Å². The first-order chi connectivity index (χ1) is 18.0. The number of carboxylic acids is 2. The lowest BCUT2D eigenvalue weighted by molar-refractivity contribution is -0.659. The molecule has 6 aliphatic carbocycles. The van der Waals surface area contributed by atoms with Gasteiger partial charge in [0.2, 0.25) is 0 Å². The molecular formula is C30H42Cl3N3O4. The lowest BCUT2D eigenvalue weighted by Crippen LogP contribution is -3.10. The van der Waals surface area contributed by atoms with Crippen molar-refractivity contribution in [3.05, 3.63) is 35.4 Å². The minimum absolute atomic E-state index is 0. The van der Waals surface area contributed by atoms with Gasteiger partial charge in [-0.1, -0.05) is 24.3 Å². The number of carbonyl (C=O) groups is 2. The Hall–Kier alpha value is -1.09. The topological polar surface area (TPSA) is 111 Å². The van der Waals surface area contributed by atoms with E-state index in [0.29, 0.717) is 23.2 Å². The van der Waals surface area contributed by atoms with Gasteiger partial charge in [-0.25, -0.2) is 0 Å². The standard InChI is InChI=1S/C30H39N3O4.3ClH/c34-27(35)19(17-4-6-31-12-17)9-15-2-1-3-16(8-15)11-33-14-30-24-21-23-22(24)26(30)29(23,25(21)30)10-20(28(36)37)18-5-7-32-13-18;;;/h1-3,8,17-26,31-33H,4-7,9-14H2,(H,34,35)(H,36,37);3*1H/t17-,18-,19-,20-,21?,22?,23?,24?,25?,26?,29?,30?;;;/m0.../s1. The zero-order chi connectivity index (χ0) is 25.1. The Morgan fingerprint density at radius 1 is 0.875 bits per heavy atom. The van der Waals surface area contributed by atoms with Crippen LogP contribution >= 0.6 is 37.2 Å². The first kappa shape index (κ1) is 30.4. The zero-order valence-corrected chi connectivity index (χ0v) is 25.0. The SMILES string of the molecule is Cl.Cl.Cl.O=C(O)[C@@H](Cc1cccc(CNCC23C4C5C6C4C2C6(C[C@H](C(=O)O)[C@H]2CCNC2)C53)c1)[C@H]1CCNC1. The number of benzene rings is 1. The Morgan fingerprint density at radius 2 is 1.45 bits per heavy atom. The fourth-order valence-corrected chi connectivity index (χ4v) is 11.8. The van der Waals surface area contributed by atoms with E-state index in [9.17, 15) is 19.8 Å². The van der Waals surface area contributed by atoms with E-state index in [4.69, 9.17) is 0 Å². The second-order valence-electron chi connectivity index (χ2n) is 13.6. The molecule has 4 unspecified atom stereocenters. The van der Waals surface area contributed by atoms with Gasteiger partial charge in [-0.05, 0) is 121 Å². The second kappa shape index (κ2) is 10.6. The highest BCUT2D eigenvalue weighted by atomic mass is 35.5. The maximum atomic E-state index is 12.2. The van der Waals surface area contributed by atoms with Crippen LogP contribution in [0.3, 0.4) is 0 Å². The van der Waals surface area contributed by atoms with Crippen LogP contribution in [0, 0.1) is 70.0 Å². The van der Waals surface area contributed by atoms with Crippen molar-refractivity contribution in [3.63, 3.8) is 0 Å². The summed E-state index contributed by atoms with van der Waals surface area (Å²) in [6.45, 7) is 5.45. The van der Waals surface area contributed by atoms with Crippen molar-refractivity contribution in [1.82, 2.24) is 16.0 Å². The smallest absolute Gasteiger partial charge is 0.307 e. The maximum Gasteiger partial charge on any atom is 0.307 e. The summed E-state index contributed by atoms with van der Waals surface area (Å²) in [5.74, 6) is 3.94. The monoisotopic (exact) mass is 613 g/mol. The normalized spacial score (nSPS) is 43.0. The van der Waals surface area contributed by atoms with Crippen LogP contribution in [0.1, 0.15) is 30.4 Å². The van der Waals surface area contributed by atoms with Gasteiger partial charge in [0.15, 0.2) is 0 Å². The molecule has 222 valence electrons. The highest BCUT2D eigenvalue weighted by molar-refractivity contribution is 5.86. The van der Waals surface area contributed by atoms with Crippen molar-refractivity contribution < 1.29 is 19.8 Å². The molecule has 2 saturated heterocycles. The number of hydrogen-bond donors (Lipinski definition) is 5. The summed E-state index contributed by atoms with van der Waals surface area (Å²) in [5, 5.41) is 30.3. The quantitative estimate of drug-likeness (QED) is 0.246. The van der Waals surface area contributed by atoms with Crippen molar-refractivity contribution >= 4 is 49.2 Å². The average molecular weight is 615 g/mol. The molecule has 10 heteroatoms. The number of halogens is 3. The van der Waals surface area contributed by atoms with E-state index in [0.717, 1.165) is 99.6 Å². The van der Waals surface area contributed by atoms with Crippen LogP contribution in [-0.4, -0.2) is 54.9 Å². The third-order valence-electron chi connectivity index (χ3n) is 12.7. The molecule has 5 N–H and O–H groups in total. The van der Waals surface area contributed by atoms with Crippen LogP contribution in [-0.2, 0) is 22.6 Å². The van der Waals surface area contributed by atoms with Gasteiger partial charge in [-0.2, -0.15) is 0 Å². The van der Waals surface area contributed by atoms with Gasteiger partial charge in [0.25, 0.3) is 0 Å². The van der Waals surface area contributed by atoms with Gasteiger partial charge < -0.3 is 26.2 Å². The second-order valence-corrected chi connectivity index (χ2v) is 13.6. The number of hydrogen-bond acceptors (Lipinski definition) is 5. The summed E-state index contributed by atoms with van der Waals surface area (Å²) in [6.07, 6.45) is 3.48. The van der Waals surface area contributed by atoms with E-state index in [2.05, 4.69) is 40.2 Å². The third-order valence-corrected chi connectivity index (χ3v) is 12.7. The summed E-state index contributed by atoms with van der Waals surface area (Å²) in [5.41, 5.74) is 3.19. The number of nitrogens with one attached hydrogen (secondary N) is 3. The molecule has 8 aliphatic rings. The number of aliphatic carboxylic acids is 2. The highest BCUT2D eigenvalue weighted by Crippen LogP contribution is 3.11. The minimum atomic E-state index is -0.680. The molecular weight excluding hydrogens is 573 g/mol. The zero-order valence-electron chi connectivity index (χ0n) is 22.6. The first-order valence-electron chi connectivity index (χ1n) is 14.6. The van der Waals surface area contributed by atoms with Gasteiger partial charge in [0, 0.05) is 13.1 Å². The molecule has 9 rings (SSSR count). The van der Waals surface area contributed by atoms with Crippen LogP contribution in [0.5, 0.6) is 0 Å². The molecule has 1 aromatic rings. The van der Waals surface area contributed by atoms with Crippen molar-refractivity contribution in [3.8, 4) is 0 Å². The Morgan fingerprint density at radius 3 is 2.02 bits per heavy atom. The van der Waals surface area contributed by atoms with E-state index in [1.807, 2.05) is 0 Å². The van der Waals surface area contributed by atoms with E-state index in [1.165, 1.54) is 5.56 Å². The molecule has 0 amide bonds. The van der Waals surface area contributed by atoms with Gasteiger partial charge in [0.05, 0.1) is 11.8 Å². The summed E-state index contributed by atoms with van der Waals surface area (Å²) in [4.78, 5) is 24.1. The first-order valence-corrected chi connectivity index (χ1v) is 14.6. The number of carboxylic acid groups (broad SMARTS) is 2. The van der Waals surface area contributed by atoms with Crippen LogP contribution in [0.25, 0.3) is 0 Å². The largest absolute Gasteiger partial charge is 0.481 e. The molecule has 0 bridgehead atoms. The summed E-state index contributed by atoms with van der Waals surface area (Å²) < 4.78 is 0. The van der Waals surface area contributed by atoms with Crippen LogP contribution in [0.4, 0.5) is 0 Å². The van der Waals surface area contributed by atoms with Crippen molar-refractivity contribution in [2.45, 2.75) is 32.2 Å². The lowest BCUT2D eigenvalue weighted by atomic mass is 8.92. The molecule has 40 heavy (non-hydrogen) atoms. The summed E-state index contributed by atoms with van der Waals surface area (Å²) >= 11 is 0. The fourth-order valence-electron chi connectivity index (χ4n) is 11.8. The summed E-state index contributed by atoms with van der Waals surface area (Å²) in [6, 6.07) is 8.49. The van der Waals surface area contributed by atoms with Crippen LogP contribution in [0.15, 0.2) is 24.3 Å². The molecule has 0 aromatic heterocycles. The molecule has 0 radical (unpaired) electrons. The highest BCUT2D eigenvalue weighted by Gasteiger charge is 3.09. The van der Waals surface area contributed by atoms with Gasteiger partial charge in [0.1, 0.15) is 0 Å². The number of rotatable bonds is 12. The Bertz CT molecular complexity index is 1140. The molecule has 8 atom stereocenters. The van der Waals surface area contributed by atoms with Crippen LogP contribution < -0.4 is 16.0 Å². The molecule has 7 nitrogen and oxygen atoms in total. The fraction of sp³-hybridized carbons (Fsp3) is 0.733. The predicted molar refractivity (Wildman–Crippen MR) is 158 cm³/mol. The van der Waals surface area contributed by atoms with Gasteiger partial charge in [-0.3, -0.25) is 9.59 Å². The molecule has 0 spiro atoms. The minimum Gasteiger partial charge on any atom is -0.481 e. The molecule has 2 aliphatic heterocycles. The third kappa shape index (κ3) is 3.60. The molecule has 1 aromatic carbocycles. The summed E-state index contributed by atoms with van der Waals surface area (Å²) in [7, 11) is 0. The maximum absolute atomic E-state index is 12.2. The lowest BCUT2D eigenvalue weighted by Gasteiger charge is -3.12. The Balaban J connectivity index is 0.00000108. The predicted octanol–water partition coefficient (Wildman–Crippen LogP) is 3.33. The van der Waals surface area contributed by atoms with E-state index in [1.54, 1.807) is 0 Å². The van der Waals surface area contributed by atoms with Crippen molar-refractivity contribution in [2.75, 3.05) is 32.7 Å². The Kier molecular flexibility index (Phi) is 8.02. The Labute approximate surface area is 254 Å². The van der Waals surface area contributed by atoms with E-state index >= 15 is 0 Å². The van der Waals surface area contributed by atoms with Gasteiger partial charge in [-0.15, -0.1) is 37.2 Å². The van der Waals surface area contributed by atoms with E-state index < -0.39 is 11.9 Å². The molecule has 8 fully saturated rings. The average Bonchev–Trinajstić information content (AvgIpc) is 3.61.